The second kappa shape index (κ2) is 7.35. The topological polar surface area (TPSA) is 102 Å². The third-order valence-corrected chi connectivity index (χ3v) is 8.28. The van der Waals surface area contributed by atoms with Crippen molar-refractivity contribution in [3.8, 4) is 11.5 Å². The molecule has 3 aliphatic heterocycles. The fraction of sp³-hybridized carbons (Fsp3) is 0.739. The predicted octanol–water partition coefficient (Wildman–Crippen LogP) is 3.62. The van der Waals surface area contributed by atoms with Crippen LogP contribution in [-0.4, -0.2) is 36.2 Å². The highest BCUT2D eigenvalue weighted by atomic mass is 16.4. The first-order chi connectivity index (χ1) is 14.9. The van der Waals surface area contributed by atoms with Crippen LogP contribution in [0.15, 0.2) is 4.79 Å². The Kier molecular flexibility index (Phi) is 4.86. The van der Waals surface area contributed by atoms with Gasteiger partial charge in [-0.25, -0.2) is 14.8 Å². The van der Waals surface area contributed by atoms with E-state index in [4.69, 9.17) is 15.1 Å². The molecule has 3 saturated carbocycles. The molecule has 1 atom stereocenters. The zero-order valence-corrected chi connectivity index (χ0v) is 18.6. The van der Waals surface area contributed by atoms with Crippen LogP contribution in [0.25, 0.3) is 11.5 Å². The molecule has 3 heterocycles. The number of hydrogen-bond acceptors (Lipinski definition) is 5. The zero-order valence-electron chi connectivity index (χ0n) is 18.6. The molecule has 0 radical (unpaired) electrons. The number of fused-ring (bicyclic) bond motifs is 6. The van der Waals surface area contributed by atoms with E-state index >= 15 is 0 Å². The van der Waals surface area contributed by atoms with Gasteiger partial charge in [-0.3, -0.25) is 13.9 Å². The Balaban J connectivity index is 1.52. The number of nitrogens with zero attached hydrogens (tertiary/aromatic N) is 4. The van der Waals surface area contributed by atoms with Crippen LogP contribution in [-0.2, 0) is 23.3 Å². The SMILES string of the molecule is CCCn1c2nc(C34CCC(CCC(=O)O)(CC3)CC4)nc-2c2n(c1=O)CC(CC)N2. The number of carbonyl (C=O) groups is 1. The average Bonchev–Trinajstić information content (AvgIpc) is 3.42. The minimum atomic E-state index is -0.694. The first-order valence-corrected chi connectivity index (χ1v) is 11.9. The van der Waals surface area contributed by atoms with Crippen molar-refractivity contribution in [2.45, 2.75) is 103 Å². The molecule has 8 nitrogen and oxygen atoms in total. The van der Waals surface area contributed by atoms with Crippen LogP contribution in [0.3, 0.4) is 0 Å². The molecule has 2 N–H and O–H groups in total. The largest absolute Gasteiger partial charge is 0.481 e. The van der Waals surface area contributed by atoms with Crippen molar-refractivity contribution >= 4 is 11.8 Å². The standard InChI is InChI=1S/C23H33N5O3/c1-3-13-27-19-17(18-24-15(4-2)14-28(18)21(27)31)25-20(26-19)23-10-7-22(8-11-23,9-12-23)6-5-16(29)30/h15,24H,3-14H2,1-2H3,(H,29,30). The third-order valence-electron chi connectivity index (χ3n) is 8.28. The van der Waals surface area contributed by atoms with Crippen LogP contribution in [0.4, 0.5) is 5.82 Å². The first kappa shape index (κ1) is 20.5. The maximum absolute atomic E-state index is 13.2. The zero-order chi connectivity index (χ0) is 21.8. The summed E-state index contributed by atoms with van der Waals surface area (Å²) in [5.41, 5.74) is 0.999. The first-order valence-electron chi connectivity index (χ1n) is 11.9. The van der Waals surface area contributed by atoms with Gasteiger partial charge in [0, 0.05) is 31.0 Å². The number of aromatic nitrogens is 4. The van der Waals surface area contributed by atoms with Gasteiger partial charge in [-0.15, -0.1) is 0 Å². The van der Waals surface area contributed by atoms with E-state index in [-0.39, 0.29) is 29.0 Å². The molecular weight excluding hydrogens is 394 g/mol. The minimum absolute atomic E-state index is 0.0109. The van der Waals surface area contributed by atoms with Crippen LogP contribution in [0.5, 0.6) is 0 Å². The fourth-order valence-electron chi connectivity index (χ4n) is 6.16. The minimum Gasteiger partial charge on any atom is -0.481 e. The lowest BCUT2D eigenvalue weighted by molar-refractivity contribution is -0.138. The summed E-state index contributed by atoms with van der Waals surface area (Å²) in [6.45, 7) is 5.55. The maximum Gasteiger partial charge on any atom is 0.331 e. The van der Waals surface area contributed by atoms with Crippen molar-refractivity contribution in [1.29, 1.82) is 0 Å². The van der Waals surface area contributed by atoms with Crippen LogP contribution in [0, 0.1) is 5.41 Å². The van der Waals surface area contributed by atoms with E-state index in [9.17, 15) is 9.59 Å². The highest BCUT2D eigenvalue weighted by Gasteiger charge is 2.51. The fourth-order valence-corrected chi connectivity index (χ4v) is 6.16. The number of carboxylic acids is 1. The molecule has 0 aromatic carbocycles. The summed E-state index contributed by atoms with van der Waals surface area (Å²) >= 11 is 0. The molecule has 3 fully saturated rings. The van der Waals surface area contributed by atoms with Gasteiger partial charge < -0.3 is 10.4 Å². The van der Waals surface area contributed by atoms with Gasteiger partial charge in [0.05, 0.1) is 0 Å². The lowest BCUT2D eigenvalue weighted by Gasteiger charge is -2.52. The van der Waals surface area contributed by atoms with E-state index in [1.165, 1.54) is 0 Å². The molecule has 0 aromatic rings. The van der Waals surface area contributed by atoms with Crippen molar-refractivity contribution in [1.82, 2.24) is 19.1 Å². The number of hydrogen-bond donors (Lipinski definition) is 2. The summed E-state index contributed by atoms with van der Waals surface area (Å²) < 4.78 is 3.66. The summed E-state index contributed by atoms with van der Waals surface area (Å²) in [5, 5.41) is 12.6. The Bertz CT molecular complexity index is 1010. The Hall–Kier alpha value is -2.38. The van der Waals surface area contributed by atoms with Crippen LogP contribution >= 0.6 is 0 Å². The summed E-state index contributed by atoms with van der Waals surface area (Å²) in [4.78, 5) is 34.4. The summed E-state index contributed by atoms with van der Waals surface area (Å²) in [5.74, 6) is 1.76. The number of imidazole rings is 1. The lowest BCUT2D eigenvalue weighted by atomic mass is 9.52. The molecular formula is C23H33N5O3. The van der Waals surface area contributed by atoms with Crippen molar-refractivity contribution in [2.24, 2.45) is 5.41 Å². The van der Waals surface area contributed by atoms with Crippen molar-refractivity contribution in [3.63, 3.8) is 0 Å². The molecule has 6 aliphatic rings. The van der Waals surface area contributed by atoms with E-state index in [1.807, 2.05) is 9.13 Å². The molecule has 0 saturated heterocycles. The smallest absolute Gasteiger partial charge is 0.331 e. The maximum atomic E-state index is 13.2. The number of rotatable bonds is 7. The van der Waals surface area contributed by atoms with E-state index < -0.39 is 5.97 Å². The van der Waals surface area contributed by atoms with E-state index in [0.29, 0.717) is 13.1 Å². The monoisotopic (exact) mass is 427 g/mol. The number of aliphatic carboxylic acids is 1. The Labute approximate surface area is 182 Å². The van der Waals surface area contributed by atoms with Gasteiger partial charge in [0.1, 0.15) is 17.3 Å². The molecule has 2 bridgehead atoms. The molecule has 0 spiro atoms. The molecule has 0 aromatic heterocycles. The number of nitrogens with one attached hydrogen (secondary N) is 1. The van der Waals surface area contributed by atoms with Crippen molar-refractivity contribution in [2.75, 3.05) is 5.32 Å². The van der Waals surface area contributed by atoms with Crippen LogP contribution in [0.2, 0.25) is 0 Å². The molecule has 8 heteroatoms. The van der Waals surface area contributed by atoms with Gasteiger partial charge in [-0.05, 0) is 63.2 Å². The van der Waals surface area contributed by atoms with Crippen LogP contribution in [0.1, 0.15) is 83.9 Å². The highest BCUT2D eigenvalue weighted by molar-refractivity contribution is 5.70. The Morgan fingerprint density at radius 2 is 1.87 bits per heavy atom. The van der Waals surface area contributed by atoms with E-state index in [1.54, 1.807) is 0 Å². The second-order valence-corrected chi connectivity index (χ2v) is 10.0. The third kappa shape index (κ3) is 3.17. The number of carboxylic acid groups (broad SMARTS) is 1. The predicted molar refractivity (Wildman–Crippen MR) is 118 cm³/mol. The summed E-state index contributed by atoms with van der Waals surface area (Å²) in [7, 11) is 0. The summed E-state index contributed by atoms with van der Waals surface area (Å²) in [6, 6.07) is 0.255. The Morgan fingerprint density at radius 3 is 2.48 bits per heavy atom. The van der Waals surface area contributed by atoms with Gasteiger partial charge in [0.2, 0.25) is 0 Å². The van der Waals surface area contributed by atoms with Gasteiger partial charge in [-0.1, -0.05) is 13.8 Å². The Morgan fingerprint density at radius 1 is 1.16 bits per heavy atom. The molecule has 168 valence electrons. The number of anilines is 1. The van der Waals surface area contributed by atoms with Gasteiger partial charge in [0.25, 0.3) is 0 Å². The summed E-state index contributed by atoms with van der Waals surface area (Å²) in [6.07, 6.45) is 9.08. The molecule has 0 amide bonds. The molecule has 6 rings (SSSR count). The van der Waals surface area contributed by atoms with Crippen LogP contribution < -0.4 is 11.0 Å². The van der Waals surface area contributed by atoms with Gasteiger partial charge in [0.15, 0.2) is 5.82 Å². The lowest BCUT2D eigenvalue weighted by Crippen LogP contribution is -2.44. The normalized spacial score (nSPS) is 29.3. The molecule has 31 heavy (non-hydrogen) atoms. The van der Waals surface area contributed by atoms with Gasteiger partial charge in [-0.2, -0.15) is 0 Å². The molecule has 1 unspecified atom stereocenters. The second-order valence-electron chi connectivity index (χ2n) is 10.0. The van der Waals surface area contributed by atoms with E-state index in [0.717, 1.165) is 80.9 Å². The average molecular weight is 428 g/mol. The molecule has 3 aliphatic carbocycles. The highest BCUT2D eigenvalue weighted by Crippen LogP contribution is 2.59. The van der Waals surface area contributed by atoms with E-state index in [2.05, 4.69) is 19.2 Å². The van der Waals surface area contributed by atoms with Crippen molar-refractivity contribution in [3.05, 3.63) is 16.3 Å². The van der Waals surface area contributed by atoms with Gasteiger partial charge >= 0.3 is 11.7 Å². The van der Waals surface area contributed by atoms with Crippen molar-refractivity contribution < 1.29 is 9.90 Å². The quantitative estimate of drug-likeness (QED) is 0.700.